The van der Waals surface area contributed by atoms with Crippen LogP contribution in [0.5, 0.6) is 5.88 Å². The van der Waals surface area contributed by atoms with Crippen molar-refractivity contribution in [3.05, 3.63) is 11.8 Å². The summed E-state index contributed by atoms with van der Waals surface area (Å²) in [6.07, 6.45) is 4.02. The molecule has 0 radical (unpaired) electrons. The molecular formula is C19H30N6O7. The SMILES string of the molecule is CCCCOC(=O)NC(CNC(=O)c1cc(OCCCNC2N=CCCN2)no1)C(=O)O. The summed E-state index contributed by atoms with van der Waals surface area (Å²) in [6, 6.07) is -0.0555. The number of carbonyl (C=O) groups is 3. The third kappa shape index (κ3) is 9.31. The molecule has 0 saturated heterocycles. The van der Waals surface area contributed by atoms with Gasteiger partial charge in [0.15, 0.2) is 6.29 Å². The lowest BCUT2D eigenvalue weighted by molar-refractivity contribution is -0.139. The zero-order valence-electron chi connectivity index (χ0n) is 18.0. The van der Waals surface area contributed by atoms with E-state index >= 15 is 0 Å². The number of carboxylic acids is 1. The van der Waals surface area contributed by atoms with Crippen LogP contribution in [0.1, 0.15) is 43.2 Å². The number of aliphatic imine (C=N–C) groups is 1. The summed E-state index contributed by atoms with van der Waals surface area (Å²) in [7, 11) is 0. The zero-order chi connectivity index (χ0) is 23.2. The first-order chi connectivity index (χ1) is 15.5. The number of hydrogen-bond donors (Lipinski definition) is 5. The minimum atomic E-state index is -1.36. The Bertz CT molecular complexity index is 769. The fourth-order valence-corrected chi connectivity index (χ4v) is 2.54. The zero-order valence-corrected chi connectivity index (χ0v) is 18.0. The van der Waals surface area contributed by atoms with E-state index in [1.165, 1.54) is 6.07 Å². The van der Waals surface area contributed by atoms with Gasteiger partial charge in [0.25, 0.3) is 11.8 Å². The van der Waals surface area contributed by atoms with E-state index in [-0.39, 0.29) is 31.1 Å². The van der Waals surface area contributed by atoms with E-state index in [0.717, 1.165) is 19.4 Å². The Hall–Kier alpha value is -3.19. The minimum Gasteiger partial charge on any atom is -0.480 e. The average Bonchev–Trinajstić information content (AvgIpc) is 3.26. The Morgan fingerprint density at radius 3 is 2.91 bits per heavy atom. The Morgan fingerprint density at radius 1 is 1.34 bits per heavy atom. The maximum absolute atomic E-state index is 12.2. The number of aromatic nitrogens is 1. The molecule has 1 aromatic heterocycles. The van der Waals surface area contributed by atoms with E-state index in [4.69, 9.17) is 14.0 Å². The lowest BCUT2D eigenvalue weighted by atomic mass is 10.3. The van der Waals surface area contributed by atoms with E-state index in [1.807, 2.05) is 13.1 Å². The van der Waals surface area contributed by atoms with Crippen LogP contribution < -0.4 is 26.0 Å². The number of nitrogens with one attached hydrogen (secondary N) is 4. The van der Waals surface area contributed by atoms with E-state index in [1.54, 1.807) is 0 Å². The van der Waals surface area contributed by atoms with E-state index in [0.29, 0.717) is 26.0 Å². The molecule has 2 unspecified atom stereocenters. The molecule has 0 fully saturated rings. The van der Waals surface area contributed by atoms with Crippen LogP contribution in [0.15, 0.2) is 15.6 Å². The number of alkyl carbamates (subject to hydrolysis) is 1. The fraction of sp³-hybridized carbons (Fsp3) is 0.632. The smallest absolute Gasteiger partial charge is 0.407 e. The van der Waals surface area contributed by atoms with Crippen LogP contribution in [0, 0.1) is 0 Å². The summed E-state index contributed by atoms with van der Waals surface area (Å²) in [4.78, 5) is 39.3. The van der Waals surface area contributed by atoms with Crippen molar-refractivity contribution in [3.63, 3.8) is 0 Å². The van der Waals surface area contributed by atoms with Gasteiger partial charge in [-0.1, -0.05) is 13.3 Å². The summed E-state index contributed by atoms with van der Waals surface area (Å²) >= 11 is 0. The second-order valence-corrected chi connectivity index (χ2v) is 6.90. The van der Waals surface area contributed by atoms with Crippen molar-refractivity contribution in [1.29, 1.82) is 0 Å². The molecule has 2 atom stereocenters. The second kappa shape index (κ2) is 14.0. The summed E-state index contributed by atoms with van der Waals surface area (Å²) < 4.78 is 15.2. The minimum absolute atomic E-state index is 0.0894. The molecule has 13 nitrogen and oxygen atoms in total. The van der Waals surface area contributed by atoms with Crippen molar-refractivity contribution in [2.75, 3.05) is 32.8 Å². The molecule has 1 aliphatic rings. The predicted molar refractivity (Wildman–Crippen MR) is 113 cm³/mol. The van der Waals surface area contributed by atoms with Crippen molar-refractivity contribution < 1.29 is 33.5 Å². The first-order valence-electron chi connectivity index (χ1n) is 10.5. The molecule has 178 valence electrons. The normalized spacial score (nSPS) is 16.2. The van der Waals surface area contributed by atoms with Gasteiger partial charge in [0, 0.05) is 25.8 Å². The molecule has 5 N–H and O–H groups in total. The van der Waals surface area contributed by atoms with E-state index in [9.17, 15) is 19.5 Å². The molecule has 0 aliphatic carbocycles. The van der Waals surface area contributed by atoms with Gasteiger partial charge in [-0.25, -0.2) is 9.59 Å². The van der Waals surface area contributed by atoms with Gasteiger partial charge < -0.3 is 29.7 Å². The summed E-state index contributed by atoms with van der Waals surface area (Å²) in [5.41, 5.74) is 0. The predicted octanol–water partition coefficient (Wildman–Crippen LogP) is 0.0901. The largest absolute Gasteiger partial charge is 0.480 e. The van der Waals surface area contributed by atoms with Crippen LogP contribution in [0.25, 0.3) is 0 Å². The number of rotatable bonds is 14. The highest BCUT2D eigenvalue weighted by molar-refractivity contribution is 5.92. The van der Waals surface area contributed by atoms with Crippen LogP contribution in [-0.2, 0) is 9.53 Å². The standard InChI is InChI=1S/C19H30N6O7/c1-2-3-9-31-19(29)24-13(17(27)28)12-23-16(26)14-11-15(25-32-14)30-10-5-8-22-18-20-6-4-7-21-18/h6,11,13,18,21-22H,2-5,7-10,12H2,1H3,(H,23,26)(H,24,29)(H,27,28). The average molecular weight is 454 g/mol. The number of hydrogen-bond acceptors (Lipinski definition) is 10. The lowest BCUT2D eigenvalue weighted by Gasteiger charge is -2.18. The molecule has 0 spiro atoms. The van der Waals surface area contributed by atoms with Crippen LogP contribution >= 0.6 is 0 Å². The molecule has 32 heavy (non-hydrogen) atoms. The highest BCUT2D eigenvalue weighted by atomic mass is 16.5. The van der Waals surface area contributed by atoms with Crippen LogP contribution in [0.2, 0.25) is 0 Å². The van der Waals surface area contributed by atoms with Gasteiger partial charge in [-0.15, -0.1) is 0 Å². The number of amides is 2. The number of unbranched alkanes of at least 4 members (excludes halogenated alkanes) is 1. The van der Waals surface area contributed by atoms with Crippen molar-refractivity contribution >= 4 is 24.2 Å². The molecule has 0 saturated carbocycles. The van der Waals surface area contributed by atoms with Gasteiger partial charge >= 0.3 is 12.1 Å². The Labute approximate surface area is 185 Å². The van der Waals surface area contributed by atoms with Gasteiger partial charge in [0.05, 0.1) is 19.3 Å². The number of carboxylic acid groups (broad SMARTS) is 1. The first-order valence-corrected chi connectivity index (χ1v) is 10.5. The third-order valence-corrected chi connectivity index (χ3v) is 4.27. The quantitative estimate of drug-likeness (QED) is 0.242. The highest BCUT2D eigenvalue weighted by Crippen LogP contribution is 2.11. The van der Waals surface area contributed by atoms with Crippen LogP contribution in [-0.4, -0.2) is 79.6 Å². The van der Waals surface area contributed by atoms with Crippen LogP contribution in [0.3, 0.4) is 0 Å². The van der Waals surface area contributed by atoms with Crippen molar-refractivity contribution in [1.82, 2.24) is 26.4 Å². The summed E-state index contributed by atoms with van der Waals surface area (Å²) in [5.74, 6) is -2.02. The van der Waals surface area contributed by atoms with E-state index < -0.39 is 24.0 Å². The van der Waals surface area contributed by atoms with Gasteiger partial charge in [-0.05, 0) is 24.4 Å². The van der Waals surface area contributed by atoms with Crippen LogP contribution in [0.4, 0.5) is 4.79 Å². The Balaban J connectivity index is 1.67. The Morgan fingerprint density at radius 2 is 2.19 bits per heavy atom. The maximum atomic E-state index is 12.2. The molecule has 13 heteroatoms. The van der Waals surface area contributed by atoms with Gasteiger partial charge in [-0.2, -0.15) is 0 Å². The molecule has 2 rings (SSSR count). The molecule has 2 heterocycles. The van der Waals surface area contributed by atoms with Gasteiger partial charge in [-0.3, -0.25) is 20.4 Å². The topological polar surface area (TPSA) is 176 Å². The monoisotopic (exact) mass is 454 g/mol. The second-order valence-electron chi connectivity index (χ2n) is 6.90. The molecule has 0 bridgehead atoms. The number of aliphatic carboxylic acids is 1. The number of carbonyl (C=O) groups excluding carboxylic acids is 2. The molecule has 0 aromatic carbocycles. The van der Waals surface area contributed by atoms with Gasteiger partial charge in [0.1, 0.15) is 6.04 Å². The maximum Gasteiger partial charge on any atom is 0.407 e. The first kappa shape index (κ1) is 25.1. The number of ether oxygens (including phenoxy) is 2. The Kier molecular flexibility index (Phi) is 11.0. The van der Waals surface area contributed by atoms with Crippen molar-refractivity contribution in [3.8, 4) is 5.88 Å². The summed E-state index contributed by atoms with van der Waals surface area (Å²) in [6.45, 7) is 3.65. The third-order valence-electron chi connectivity index (χ3n) is 4.27. The summed E-state index contributed by atoms with van der Waals surface area (Å²) in [5, 5.41) is 23.8. The lowest BCUT2D eigenvalue weighted by Crippen LogP contribution is -2.48. The molecule has 1 aromatic rings. The molecular weight excluding hydrogens is 424 g/mol. The van der Waals surface area contributed by atoms with Crippen molar-refractivity contribution in [2.24, 2.45) is 4.99 Å². The van der Waals surface area contributed by atoms with Gasteiger partial charge in [0.2, 0.25) is 5.76 Å². The fourth-order valence-electron chi connectivity index (χ4n) is 2.54. The molecule has 2 amide bonds. The highest BCUT2D eigenvalue weighted by Gasteiger charge is 2.23. The number of nitrogens with zero attached hydrogens (tertiary/aromatic N) is 2. The van der Waals surface area contributed by atoms with E-state index in [2.05, 4.69) is 31.4 Å². The molecule has 1 aliphatic heterocycles. The van der Waals surface area contributed by atoms with Crippen molar-refractivity contribution in [2.45, 2.75) is 44.9 Å².